The number of guanidine groups is 1. The minimum atomic E-state index is 0. The fourth-order valence-corrected chi connectivity index (χ4v) is 4.56. The molecule has 2 fully saturated rings. The van der Waals surface area contributed by atoms with E-state index in [1.807, 2.05) is 37.1 Å². The van der Waals surface area contributed by atoms with Gasteiger partial charge in [0.05, 0.1) is 6.20 Å². The highest BCUT2D eigenvalue weighted by Gasteiger charge is 2.39. The first-order chi connectivity index (χ1) is 13.1. The van der Waals surface area contributed by atoms with E-state index < -0.39 is 0 Å². The summed E-state index contributed by atoms with van der Waals surface area (Å²) in [4.78, 5) is 6.94. The molecule has 2 aliphatic rings. The summed E-state index contributed by atoms with van der Waals surface area (Å²) >= 11 is 6.08. The molecule has 1 aromatic carbocycles. The normalized spacial score (nSPS) is 21.2. The molecular weight excluding hydrogens is 485 g/mol. The van der Waals surface area contributed by atoms with Crippen LogP contribution >= 0.6 is 35.6 Å². The Balaban J connectivity index is 0.00000225. The monoisotopic (exact) mass is 513 g/mol. The highest BCUT2D eigenvalue weighted by atomic mass is 127. The molecule has 1 N–H and O–H groups in total. The summed E-state index contributed by atoms with van der Waals surface area (Å²) in [6.45, 7) is 2.96. The van der Waals surface area contributed by atoms with Crippen molar-refractivity contribution in [2.75, 3.05) is 26.7 Å². The number of aromatic nitrogens is 2. The maximum Gasteiger partial charge on any atom is 0.193 e. The van der Waals surface area contributed by atoms with Crippen LogP contribution in [0.2, 0.25) is 5.02 Å². The molecule has 1 atom stereocenters. The molecule has 0 bridgehead atoms. The smallest absolute Gasteiger partial charge is 0.193 e. The van der Waals surface area contributed by atoms with Crippen molar-refractivity contribution in [1.29, 1.82) is 0 Å². The Morgan fingerprint density at radius 2 is 2.07 bits per heavy atom. The molecule has 0 amide bonds. The molecule has 28 heavy (non-hydrogen) atoms. The van der Waals surface area contributed by atoms with E-state index in [1.54, 1.807) is 0 Å². The summed E-state index contributed by atoms with van der Waals surface area (Å²) in [5, 5.41) is 8.79. The van der Waals surface area contributed by atoms with Gasteiger partial charge in [0, 0.05) is 56.3 Å². The first-order valence-electron chi connectivity index (χ1n) is 9.80. The molecule has 2 aromatic rings. The maximum absolute atomic E-state index is 6.08. The van der Waals surface area contributed by atoms with Gasteiger partial charge in [0.25, 0.3) is 0 Å². The number of hydrogen-bond donors (Lipinski definition) is 1. The lowest BCUT2D eigenvalue weighted by molar-refractivity contribution is 0.241. The van der Waals surface area contributed by atoms with Crippen LogP contribution in [0.15, 0.2) is 41.7 Å². The van der Waals surface area contributed by atoms with Crippen LogP contribution in [0.3, 0.4) is 0 Å². The van der Waals surface area contributed by atoms with Gasteiger partial charge >= 0.3 is 0 Å². The van der Waals surface area contributed by atoms with Gasteiger partial charge in [-0.3, -0.25) is 9.67 Å². The van der Waals surface area contributed by atoms with E-state index in [1.165, 1.54) is 30.4 Å². The average molecular weight is 514 g/mol. The predicted octanol–water partition coefficient (Wildman–Crippen LogP) is 4.18. The number of halogens is 2. The summed E-state index contributed by atoms with van der Waals surface area (Å²) in [7, 11) is 3.86. The summed E-state index contributed by atoms with van der Waals surface area (Å²) in [5.74, 6) is 1.55. The molecule has 152 valence electrons. The minimum absolute atomic E-state index is 0. The van der Waals surface area contributed by atoms with Crippen LogP contribution in [-0.2, 0) is 12.5 Å². The number of rotatable bonds is 4. The third-order valence-electron chi connectivity index (χ3n) is 6.25. The lowest BCUT2D eigenvalue weighted by Gasteiger charge is -2.43. The molecule has 7 heteroatoms. The Bertz CT molecular complexity index is 812. The number of aryl methyl sites for hydroxylation is 1. The predicted molar refractivity (Wildman–Crippen MR) is 126 cm³/mol. The van der Waals surface area contributed by atoms with Gasteiger partial charge in [0.1, 0.15) is 0 Å². The van der Waals surface area contributed by atoms with Crippen molar-refractivity contribution in [2.45, 2.75) is 37.0 Å². The quantitative estimate of drug-likeness (QED) is 0.379. The van der Waals surface area contributed by atoms with Gasteiger partial charge in [-0.2, -0.15) is 5.10 Å². The van der Waals surface area contributed by atoms with E-state index in [2.05, 4.69) is 38.6 Å². The molecule has 0 radical (unpaired) electrons. The second kappa shape index (κ2) is 9.03. The van der Waals surface area contributed by atoms with Gasteiger partial charge in [0.15, 0.2) is 5.96 Å². The van der Waals surface area contributed by atoms with Crippen LogP contribution in [-0.4, -0.2) is 47.3 Å². The molecule has 1 aromatic heterocycles. The Labute approximate surface area is 189 Å². The second-order valence-electron chi connectivity index (χ2n) is 7.92. The second-order valence-corrected chi connectivity index (χ2v) is 8.36. The SMILES string of the molecule is CN=C(NCC1(c2ccc(Cl)cc2)CCC1)N1CCC(c2cnn(C)c2)C1.I. The van der Waals surface area contributed by atoms with E-state index in [4.69, 9.17) is 11.6 Å². The first kappa shape index (κ1) is 21.4. The molecule has 1 saturated carbocycles. The van der Waals surface area contributed by atoms with Crippen molar-refractivity contribution in [3.8, 4) is 0 Å². The molecule has 5 nitrogen and oxygen atoms in total. The van der Waals surface area contributed by atoms with E-state index in [0.29, 0.717) is 5.92 Å². The van der Waals surface area contributed by atoms with Crippen molar-refractivity contribution in [3.05, 3.63) is 52.8 Å². The Hall–Kier alpha value is -1.28. The average Bonchev–Trinajstić information content (AvgIpc) is 3.28. The molecule has 1 unspecified atom stereocenters. The fourth-order valence-electron chi connectivity index (χ4n) is 4.43. The molecule has 1 saturated heterocycles. The molecule has 4 rings (SSSR count). The molecular formula is C21H29ClIN5. The van der Waals surface area contributed by atoms with Crippen molar-refractivity contribution >= 4 is 41.5 Å². The zero-order valence-electron chi connectivity index (χ0n) is 16.6. The zero-order valence-corrected chi connectivity index (χ0v) is 19.7. The highest BCUT2D eigenvalue weighted by molar-refractivity contribution is 14.0. The Morgan fingerprint density at radius 3 is 2.64 bits per heavy atom. The number of likely N-dealkylation sites (tertiary alicyclic amines) is 1. The Morgan fingerprint density at radius 1 is 1.32 bits per heavy atom. The summed E-state index contributed by atoms with van der Waals surface area (Å²) in [5.41, 5.74) is 2.92. The van der Waals surface area contributed by atoms with Gasteiger partial charge in [-0.15, -0.1) is 24.0 Å². The van der Waals surface area contributed by atoms with Crippen LogP contribution in [0.25, 0.3) is 0 Å². The van der Waals surface area contributed by atoms with Crippen LogP contribution in [0.5, 0.6) is 0 Å². The van der Waals surface area contributed by atoms with Gasteiger partial charge in [-0.1, -0.05) is 30.2 Å². The van der Waals surface area contributed by atoms with Gasteiger partial charge in [0.2, 0.25) is 0 Å². The largest absolute Gasteiger partial charge is 0.355 e. The standard InChI is InChI=1S/C21H28ClN5.HI/c1-23-20(27-11-8-16(14-27)17-12-25-26(2)13-17)24-15-21(9-3-10-21)18-4-6-19(22)7-5-18;/h4-7,12-13,16H,3,8-11,14-15H2,1-2H3,(H,23,24);1H. The third-order valence-corrected chi connectivity index (χ3v) is 6.50. The number of nitrogens with zero attached hydrogens (tertiary/aromatic N) is 4. The van der Waals surface area contributed by atoms with E-state index >= 15 is 0 Å². The van der Waals surface area contributed by atoms with E-state index in [0.717, 1.165) is 37.0 Å². The van der Waals surface area contributed by atoms with Crippen molar-refractivity contribution in [1.82, 2.24) is 20.0 Å². The minimum Gasteiger partial charge on any atom is -0.355 e. The van der Waals surface area contributed by atoms with Gasteiger partial charge in [-0.25, -0.2) is 0 Å². The number of hydrogen-bond acceptors (Lipinski definition) is 2. The van der Waals surface area contributed by atoms with Crippen LogP contribution < -0.4 is 5.32 Å². The lowest BCUT2D eigenvalue weighted by Crippen LogP contribution is -2.49. The third kappa shape index (κ3) is 4.32. The van der Waals surface area contributed by atoms with E-state index in [-0.39, 0.29) is 29.4 Å². The maximum atomic E-state index is 6.08. The van der Waals surface area contributed by atoms with Crippen LogP contribution in [0.4, 0.5) is 0 Å². The number of benzene rings is 1. The number of aliphatic imine (C=N–C) groups is 1. The number of nitrogens with one attached hydrogen (secondary N) is 1. The molecule has 1 aliphatic heterocycles. The van der Waals surface area contributed by atoms with Gasteiger partial charge in [-0.05, 0) is 42.5 Å². The fraction of sp³-hybridized carbons (Fsp3) is 0.524. The highest BCUT2D eigenvalue weighted by Crippen LogP contribution is 2.43. The molecule has 0 spiro atoms. The summed E-state index contributed by atoms with van der Waals surface area (Å²) in [6, 6.07) is 8.37. The van der Waals surface area contributed by atoms with Crippen molar-refractivity contribution in [3.63, 3.8) is 0 Å². The summed E-state index contributed by atoms with van der Waals surface area (Å²) in [6.07, 6.45) is 9.00. The van der Waals surface area contributed by atoms with Crippen molar-refractivity contribution in [2.24, 2.45) is 12.0 Å². The topological polar surface area (TPSA) is 45.5 Å². The zero-order chi connectivity index (χ0) is 18.9. The van der Waals surface area contributed by atoms with Crippen molar-refractivity contribution < 1.29 is 0 Å². The molecule has 1 aliphatic carbocycles. The summed E-state index contributed by atoms with van der Waals surface area (Å²) < 4.78 is 1.89. The Kier molecular flexibility index (Phi) is 6.91. The van der Waals surface area contributed by atoms with Crippen LogP contribution in [0, 0.1) is 0 Å². The van der Waals surface area contributed by atoms with Crippen LogP contribution in [0.1, 0.15) is 42.7 Å². The van der Waals surface area contributed by atoms with Gasteiger partial charge < -0.3 is 10.2 Å². The molecule has 2 heterocycles. The lowest BCUT2D eigenvalue weighted by atomic mass is 9.64. The first-order valence-corrected chi connectivity index (χ1v) is 10.2. The van der Waals surface area contributed by atoms with E-state index in [9.17, 15) is 0 Å².